The first-order valence-corrected chi connectivity index (χ1v) is 21.4. The molecule has 2 N–H and O–H groups in total. The molecule has 1 aliphatic heterocycles. The van der Waals surface area contributed by atoms with Crippen molar-refractivity contribution in [2.75, 3.05) is 43.1 Å². The Balaban J connectivity index is 1.18. The summed E-state index contributed by atoms with van der Waals surface area (Å²) in [6, 6.07) is 21.3. The van der Waals surface area contributed by atoms with Crippen LogP contribution in [0.5, 0.6) is 5.75 Å². The van der Waals surface area contributed by atoms with Gasteiger partial charge in [-0.1, -0.05) is 38.5 Å². The number of carbonyl (C=O) groups excluding carboxylic acids is 1. The van der Waals surface area contributed by atoms with Gasteiger partial charge in [0.25, 0.3) is 5.91 Å². The number of fused-ring (bicyclic) bond motifs is 1. The molecule has 1 fully saturated rings. The summed E-state index contributed by atoms with van der Waals surface area (Å²) in [6.45, 7) is 11.3. The second kappa shape index (κ2) is 19.0. The van der Waals surface area contributed by atoms with Gasteiger partial charge in [-0.25, -0.2) is 4.98 Å². The van der Waals surface area contributed by atoms with E-state index in [-0.39, 0.29) is 5.91 Å². The predicted octanol–water partition coefficient (Wildman–Crippen LogP) is 9.07. The number of amides is 1. The van der Waals surface area contributed by atoms with Crippen LogP contribution in [-0.4, -0.2) is 64.0 Å². The first kappa shape index (κ1) is 41.1. The van der Waals surface area contributed by atoms with Crippen molar-refractivity contribution in [3.63, 3.8) is 0 Å². The van der Waals surface area contributed by atoms with Gasteiger partial charge in [0.1, 0.15) is 18.2 Å². The molecule has 0 unspecified atom stereocenters. The normalized spacial score (nSPS) is 15.9. The third-order valence-corrected chi connectivity index (χ3v) is 11.7. The fourth-order valence-corrected chi connectivity index (χ4v) is 8.09. The lowest BCUT2D eigenvalue weighted by Crippen LogP contribution is -2.40. The molecule has 0 bridgehead atoms. The molecule has 0 saturated heterocycles. The average Bonchev–Trinajstić information content (AvgIpc) is 3.96. The number of unbranched alkanes of at least 4 members (excludes halogenated alkanes) is 1. The van der Waals surface area contributed by atoms with Crippen molar-refractivity contribution in [2.24, 2.45) is 5.41 Å². The van der Waals surface area contributed by atoms with E-state index in [2.05, 4.69) is 39.7 Å². The maximum atomic E-state index is 13.9. The Bertz CT molecular complexity index is 1970. The minimum absolute atomic E-state index is 0.203. The molecule has 56 heavy (non-hydrogen) atoms. The molecule has 3 aromatic carbocycles. The molecule has 1 amide bonds. The van der Waals surface area contributed by atoms with Gasteiger partial charge in [0.05, 0.1) is 23.9 Å². The number of carbonyl (C=O) groups is 2. The van der Waals surface area contributed by atoms with Gasteiger partial charge in [-0.2, -0.15) is 0 Å². The number of carboxylic acids is 1. The van der Waals surface area contributed by atoms with Crippen LogP contribution in [0.4, 0.5) is 11.4 Å². The number of benzene rings is 3. The lowest BCUT2D eigenvalue weighted by atomic mass is 9.91. The topological polar surface area (TPSA) is 129 Å². The maximum absolute atomic E-state index is 13.9. The van der Waals surface area contributed by atoms with Crippen LogP contribution < -0.4 is 15.0 Å². The van der Waals surface area contributed by atoms with Gasteiger partial charge < -0.3 is 33.9 Å². The Morgan fingerprint density at radius 2 is 1.73 bits per heavy atom. The standard InChI is InChI=1S/C45H56N4O6S/c1-5-7-24-54-25-26-55-39-17-12-32(13-18-39)34-14-21-41-36(27-34)28-35(9-8-23-48(41)31-45(3,4)44(51)52)43(50)47-37-15-19-40(20-16-37)56(53)30-38-29-46-42(33-10-11-33)49(38)22-6-2/h12-21,27-29,33H,5-11,22-26,30-31H2,1-4H3,(H,47,50)(H,51,52)/b35-28+/t56-/m0/s1. The summed E-state index contributed by atoms with van der Waals surface area (Å²) in [7, 11) is 0. The summed E-state index contributed by atoms with van der Waals surface area (Å²) in [6.07, 6.45) is 10.5. The molecule has 1 atom stereocenters. The number of ether oxygens (including phenoxy) is 2. The molecule has 0 radical (unpaired) electrons. The van der Waals surface area contributed by atoms with Crippen molar-refractivity contribution < 1.29 is 28.7 Å². The second-order valence-corrected chi connectivity index (χ2v) is 16.9. The van der Waals surface area contributed by atoms with Crippen molar-refractivity contribution in [1.82, 2.24) is 9.55 Å². The summed E-state index contributed by atoms with van der Waals surface area (Å²) in [5, 5.41) is 13.0. The van der Waals surface area contributed by atoms with Crippen molar-refractivity contribution in [1.29, 1.82) is 0 Å². The largest absolute Gasteiger partial charge is 0.611 e. The Kier molecular flexibility index (Phi) is 14.0. The first-order valence-electron chi connectivity index (χ1n) is 20.0. The number of anilines is 2. The third kappa shape index (κ3) is 10.6. The minimum Gasteiger partial charge on any atom is -0.611 e. The van der Waals surface area contributed by atoms with Crippen LogP contribution in [0, 0.1) is 5.41 Å². The molecule has 4 aromatic rings. The molecule has 1 aliphatic carbocycles. The Morgan fingerprint density at radius 3 is 2.43 bits per heavy atom. The number of carboxylic acid groups (broad SMARTS) is 1. The van der Waals surface area contributed by atoms with E-state index in [1.54, 1.807) is 13.8 Å². The molecule has 11 heteroatoms. The molecular formula is C45H56N4O6S. The maximum Gasteiger partial charge on any atom is 0.310 e. The number of aromatic nitrogens is 2. The Hall–Kier alpha value is -4.58. The van der Waals surface area contributed by atoms with Crippen LogP contribution in [-0.2, 0) is 37.8 Å². The summed E-state index contributed by atoms with van der Waals surface area (Å²) in [5.41, 5.74) is 4.98. The molecule has 1 aromatic heterocycles. The highest BCUT2D eigenvalue weighted by atomic mass is 32.2. The zero-order valence-corrected chi connectivity index (χ0v) is 34.0. The lowest BCUT2D eigenvalue weighted by molar-refractivity contribution is -0.146. The van der Waals surface area contributed by atoms with Gasteiger partial charge in [0.2, 0.25) is 0 Å². The van der Waals surface area contributed by atoms with Crippen LogP contribution >= 0.6 is 0 Å². The molecular weight excluding hydrogens is 725 g/mol. The van der Waals surface area contributed by atoms with Crippen molar-refractivity contribution in [3.8, 4) is 16.9 Å². The highest BCUT2D eigenvalue weighted by Crippen LogP contribution is 2.40. The predicted molar refractivity (Wildman–Crippen MR) is 224 cm³/mol. The zero-order valence-electron chi connectivity index (χ0n) is 33.2. The Morgan fingerprint density at radius 1 is 0.982 bits per heavy atom. The van der Waals surface area contributed by atoms with E-state index in [1.165, 1.54) is 12.8 Å². The van der Waals surface area contributed by atoms with E-state index >= 15 is 0 Å². The highest BCUT2D eigenvalue weighted by molar-refractivity contribution is 7.90. The summed E-state index contributed by atoms with van der Waals surface area (Å²) >= 11 is -1.26. The number of nitrogens with zero attached hydrogens (tertiary/aromatic N) is 3. The van der Waals surface area contributed by atoms with E-state index in [4.69, 9.17) is 9.47 Å². The van der Waals surface area contributed by atoms with Gasteiger partial charge in [0.15, 0.2) is 10.6 Å². The van der Waals surface area contributed by atoms with Gasteiger partial charge >= 0.3 is 5.97 Å². The van der Waals surface area contributed by atoms with Crippen LogP contribution in [0.1, 0.15) is 95.6 Å². The fourth-order valence-electron chi connectivity index (χ4n) is 6.99. The number of imidazole rings is 1. The van der Waals surface area contributed by atoms with Crippen molar-refractivity contribution in [2.45, 2.75) is 95.8 Å². The number of hydrogen-bond donors (Lipinski definition) is 2. The quantitative estimate of drug-likeness (QED) is 0.0713. The van der Waals surface area contributed by atoms with Crippen LogP contribution in [0.15, 0.2) is 83.4 Å². The Labute approximate surface area is 334 Å². The van der Waals surface area contributed by atoms with Crippen molar-refractivity contribution in [3.05, 3.63) is 95.6 Å². The summed E-state index contributed by atoms with van der Waals surface area (Å²) in [5.74, 6) is 1.75. The van der Waals surface area contributed by atoms with Gasteiger partial charge in [-0.05, 0) is 135 Å². The van der Waals surface area contributed by atoms with Crippen LogP contribution in [0.3, 0.4) is 0 Å². The van der Waals surface area contributed by atoms with E-state index in [9.17, 15) is 19.2 Å². The lowest BCUT2D eigenvalue weighted by Gasteiger charge is -2.34. The fraction of sp³-hybridized carbons (Fsp3) is 0.444. The van der Waals surface area contributed by atoms with Gasteiger partial charge in [0, 0.05) is 49.1 Å². The summed E-state index contributed by atoms with van der Waals surface area (Å²) in [4.78, 5) is 33.5. The van der Waals surface area contributed by atoms with E-state index in [0.717, 1.165) is 72.1 Å². The molecule has 2 heterocycles. The van der Waals surface area contributed by atoms with Crippen LogP contribution in [0.2, 0.25) is 0 Å². The minimum atomic E-state index is -1.26. The molecule has 0 spiro atoms. The number of nitrogens with one attached hydrogen (secondary N) is 1. The molecule has 2 aliphatic rings. The molecule has 1 saturated carbocycles. The van der Waals surface area contributed by atoms with E-state index in [1.807, 2.05) is 72.9 Å². The first-order chi connectivity index (χ1) is 27.1. The molecule has 298 valence electrons. The third-order valence-electron chi connectivity index (χ3n) is 10.4. The average molecular weight is 781 g/mol. The number of rotatable bonds is 19. The second-order valence-electron chi connectivity index (χ2n) is 15.5. The smallest absolute Gasteiger partial charge is 0.310 e. The SMILES string of the molecule is CCCCOCCOc1ccc(-c2ccc3c(c2)/C=C(/C(=O)Nc2ccc([S@@+]([O-])Cc4cnc(C5CC5)n4CCC)cc2)CCCN3CC(C)(C)C(=O)O)cc1. The van der Waals surface area contributed by atoms with E-state index in [0.29, 0.717) is 67.0 Å². The summed E-state index contributed by atoms with van der Waals surface area (Å²) < 4.78 is 27.2. The van der Waals surface area contributed by atoms with Gasteiger partial charge in [-0.15, -0.1) is 0 Å². The van der Waals surface area contributed by atoms with Crippen molar-refractivity contribution >= 4 is 40.5 Å². The molecule has 6 rings (SSSR count). The van der Waals surface area contributed by atoms with E-state index < -0.39 is 22.6 Å². The molecule has 10 nitrogen and oxygen atoms in total. The monoisotopic (exact) mass is 780 g/mol. The number of hydrogen-bond acceptors (Lipinski definition) is 7. The zero-order chi connectivity index (χ0) is 39.7. The van der Waals surface area contributed by atoms with Gasteiger partial charge in [-0.3, -0.25) is 9.59 Å². The highest BCUT2D eigenvalue weighted by Gasteiger charge is 2.32. The number of aliphatic carboxylic acids is 1. The van der Waals surface area contributed by atoms with Crippen LogP contribution in [0.25, 0.3) is 17.2 Å².